The van der Waals surface area contributed by atoms with Crippen molar-refractivity contribution in [1.82, 2.24) is 19.9 Å². The number of nitrogens with zero attached hydrogens (tertiary/aromatic N) is 6. The van der Waals surface area contributed by atoms with Gasteiger partial charge in [-0.3, -0.25) is 10.3 Å². The summed E-state index contributed by atoms with van der Waals surface area (Å²) in [6, 6.07) is 2.57. The average molecular weight is 620 g/mol. The van der Waals surface area contributed by atoms with E-state index in [0.717, 1.165) is 49.0 Å². The standard InChI is InChI=1S/C31H31F2N7O3S/c1-30(2,3)43-29(41)38-27-15(8-34)22-25(35-10-19(32)26(22)44-27)21-18-12-42-11-17(18)16-9-36-28(37-24(16)23(21)33)40-13-31(14-40)7-6-20(31)39(4)5/h9-10,20H,6-7,11-14H2,1-5H3,(H,38,41). The van der Waals surface area contributed by atoms with Gasteiger partial charge in [-0.1, -0.05) is 0 Å². The van der Waals surface area contributed by atoms with Crippen LogP contribution in [0.3, 0.4) is 0 Å². The molecule has 3 aromatic heterocycles. The number of nitriles is 1. The maximum Gasteiger partial charge on any atom is 0.412 e. The van der Waals surface area contributed by atoms with E-state index in [4.69, 9.17) is 14.5 Å². The zero-order valence-electron chi connectivity index (χ0n) is 25.0. The molecule has 228 valence electrons. The molecule has 1 amide bonds. The fourth-order valence-electron chi connectivity index (χ4n) is 6.87. The molecular formula is C31H31F2N7O3S. The van der Waals surface area contributed by atoms with Crippen molar-refractivity contribution in [1.29, 1.82) is 5.26 Å². The van der Waals surface area contributed by atoms with E-state index in [1.54, 1.807) is 27.0 Å². The van der Waals surface area contributed by atoms with Crippen LogP contribution in [0.1, 0.15) is 50.3 Å². The van der Waals surface area contributed by atoms with Gasteiger partial charge in [0.2, 0.25) is 5.95 Å². The fourth-order valence-corrected chi connectivity index (χ4v) is 7.90. The van der Waals surface area contributed by atoms with Crippen LogP contribution in [0, 0.1) is 28.4 Å². The van der Waals surface area contributed by atoms with Crippen LogP contribution in [0.4, 0.5) is 24.5 Å². The monoisotopic (exact) mass is 619 g/mol. The molecule has 4 aromatic rings. The SMILES string of the molecule is CN(C)C1CCC12CN(c1ncc3c4c(c(-c5ncc(F)c6sc(NC(=O)OC(C)(C)C)c(C#N)c56)c(F)c3n1)COC4)C2. The van der Waals surface area contributed by atoms with Gasteiger partial charge < -0.3 is 19.3 Å². The Morgan fingerprint density at radius 1 is 1.23 bits per heavy atom. The molecular weight excluding hydrogens is 588 g/mol. The molecule has 0 bridgehead atoms. The number of pyridine rings is 1. The summed E-state index contributed by atoms with van der Waals surface area (Å²) < 4.78 is 43.1. The zero-order chi connectivity index (χ0) is 31.1. The van der Waals surface area contributed by atoms with Crippen molar-refractivity contribution < 1.29 is 23.0 Å². The first-order chi connectivity index (χ1) is 20.9. The highest BCUT2D eigenvalue weighted by Crippen LogP contribution is 2.51. The van der Waals surface area contributed by atoms with Gasteiger partial charge in [0.25, 0.3) is 0 Å². The number of carbonyl (C=O) groups is 1. The molecule has 44 heavy (non-hydrogen) atoms. The van der Waals surface area contributed by atoms with Crippen molar-refractivity contribution in [2.45, 2.75) is 58.5 Å². The fraction of sp³-hybridized carbons (Fsp3) is 0.452. The summed E-state index contributed by atoms with van der Waals surface area (Å²) in [5, 5.41) is 13.5. The van der Waals surface area contributed by atoms with Gasteiger partial charge >= 0.3 is 6.09 Å². The third kappa shape index (κ3) is 4.38. The highest BCUT2D eigenvalue weighted by Gasteiger charge is 2.56. The number of carbonyl (C=O) groups excluding carboxylic acids is 1. The Morgan fingerprint density at radius 3 is 2.64 bits per heavy atom. The molecule has 1 saturated carbocycles. The Balaban J connectivity index is 1.35. The van der Waals surface area contributed by atoms with E-state index in [0.29, 0.717) is 22.9 Å². The third-order valence-corrected chi connectivity index (χ3v) is 9.97. The largest absolute Gasteiger partial charge is 0.444 e. The predicted octanol–water partition coefficient (Wildman–Crippen LogP) is 5.96. The number of thiophene rings is 1. The van der Waals surface area contributed by atoms with E-state index in [-0.39, 0.29) is 56.1 Å². The number of anilines is 2. The minimum absolute atomic E-state index is 0.0322. The molecule has 1 saturated heterocycles. The van der Waals surface area contributed by atoms with E-state index in [9.17, 15) is 10.1 Å². The molecule has 10 nitrogen and oxygen atoms in total. The van der Waals surface area contributed by atoms with Crippen LogP contribution >= 0.6 is 11.3 Å². The topological polar surface area (TPSA) is 116 Å². The molecule has 1 spiro atoms. The first-order valence-electron chi connectivity index (χ1n) is 14.4. The van der Waals surface area contributed by atoms with Crippen LogP contribution in [0.25, 0.3) is 32.2 Å². The van der Waals surface area contributed by atoms with Crippen LogP contribution in [-0.4, -0.2) is 64.8 Å². The first-order valence-corrected chi connectivity index (χ1v) is 15.2. The van der Waals surface area contributed by atoms with Crippen LogP contribution in [0.5, 0.6) is 0 Å². The van der Waals surface area contributed by atoms with Crippen molar-refractivity contribution in [3.63, 3.8) is 0 Å². The number of nitrogens with one attached hydrogen (secondary N) is 1. The van der Waals surface area contributed by atoms with Crippen LogP contribution in [-0.2, 0) is 22.7 Å². The van der Waals surface area contributed by atoms with Crippen molar-refractivity contribution in [3.05, 3.63) is 40.7 Å². The smallest absolute Gasteiger partial charge is 0.412 e. The second-order valence-corrected chi connectivity index (χ2v) is 14.0. The molecule has 7 rings (SSSR count). The number of hydrogen-bond acceptors (Lipinski definition) is 10. The van der Waals surface area contributed by atoms with Gasteiger partial charge in [-0.25, -0.2) is 23.5 Å². The van der Waals surface area contributed by atoms with Gasteiger partial charge in [0, 0.05) is 47.1 Å². The van der Waals surface area contributed by atoms with Gasteiger partial charge in [-0.05, 0) is 58.8 Å². The van der Waals surface area contributed by atoms with Gasteiger partial charge in [0.05, 0.1) is 35.4 Å². The summed E-state index contributed by atoms with van der Waals surface area (Å²) in [5.41, 5.74) is 0.971. The lowest BCUT2D eigenvalue weighted by atomic mass is 9.59. The lowest BCUT2D eigenvalue weighted by Crippen LogP contribution is -2.70. The van der Waals surface area contributed by atoms with Gasteiger partial charge in [-0.2, -0.15) is 5.26 Å². The second-order valence-electron chi connectivity index (χ2n) is 13.0. The van der Waals surface area contributed by atoms with E-state index >= 15 is 8.78 Å². The molecule has 1 atom stereocenters. The zero-order valence-corrected chi connectivity index (χ0v) is 25.9. The molecule has 5 heterocycles. The minimum Gasteiger partial charge on any atom is -0.444 e. The van der Waals surface area contributed by atoms with Crippen LogP contribution in [0.2, 0.25) is 0 Å². The summed E-state index contributed by atoms with van der Waals surface area (Å²) >= 11 is 0.869. The third-order valence-electron chi connectivity index (χ3n) is 8.86. The number of fused-ring (bicyclic) bond motifs is 4. The Bertz CT molecular complexity index is 1910. The van der Waals surface area contributed by atoms with Crippen molar-refractivity contribution in [3.8, 4) is 17.3 Å². The first kappa shape index (κ1) is 28.8. The van der Waals surface area contributed by atoms with E-state index in [2.05, 4.69) is 45.2 Å². The van der Waals surface area contributed by atoms with Crippen molar-refractivity contribution >= 4 is 49.4 Å². The van der Waals surface area contributed by atoms with Crippen LogP contribution in [0.15, 0.2) is 12.4 Å². The number of benzene rings is 1. The maximum absolute atomic E-state index is 16.8. The molecule has 13 heteroatoms. The number of ether oxygens (including phenoxy) is 2. The van der Waals surface area contributed by atoms with E-state index in [1.165, 1.54) is 0 Å². The number of aromatic nitrogens is 3. The maximum atomic E-state index is 16.8. The summed E-state index contributed by atoms with van der Waals surface area (Å²) in [7, 11) is 4.20. The van der Waals surface area contributed by atoms with Gasteiger partial charge in [0.15, 0.2) is 11.6 Å². The van der Waals surface area contributed by atoms with Crippen molar-refractivity contribution in [2.24, 2.45) is 5.41 Å². The molecule has 0 radical (unpaired) electrons. The normalized spacial score (nSPS) is 18.8. The average Bonchev–Trinajstić information content (AvgIpc) is 3.52. The molecule has 1 aromatic carbocycles. The Morgan fingerprint density at radius 2 is 1.98 bits per heavy atom. The number of rotatable bonds is 4. The Hall–Kier alpha value is -3.99. The Kier molecular flexibility index (Phi) is 6.55. The molecule has 2 fully saturated rings. The molecule has 1 unspecified atom stereocenters. The molecule has 3 aliphatic rings. The number of amides is 1. The quantitative estimate of drug-likeness (QED) is 0.295. The number of halogens is 2. The van der Waals surface area contributed by atoms with Crippen LogP contribution < -0.4 is 10.2 Å². The lowest BCUT2D eigenvalue weighted by Gasteiger charge is -2.62. The minimum atomic E-state index is -0.794. The number of hydrogen-bond donors (Lipinski definition) is 1. The summed E-state index contributed by atoms with van der Waals surface area (Å²) in [4.78, 5) is 30.5. The molecule has 1 aliphatic carbocycles. The second kappa shape index (κ2) is 10.0. The summed E-state index contributed by atoms with van der Waals surface area (Å²) in [6.45, 7) is 7.06. The summed E-state index contributed by atoms with van der Waals surface area (Å²) in [5.74, 6) is -0.888. The highest BCUT2D eigenvalue weighted by molar-refractivity contribution is 7.23. The Labute approximate surface area is 256 Å². The summed E-state index contributed by atoms with van der Waals surface area (Å²) in [6.07, 6.45) is 4.16. The van der Waals surface area contributed by atoms with Gasteiger partial charge in [0.1, 0.15) is 22.2 Å². The lowest BCUT2D eigenvalue weighted by molar-refractivity contribution is -0.0257. The van der Waals surface area contributed by atoms with E-state index < -0.39 is 23.3 Å². The van der Waals surface area contributed by atoms with E-state index in [1.807, 2.05) is 0 Å². The van der Waals surface area contributed by atoms with Gasteiger partial charge in [-0.15, -0.1) is 11.3 Å². The molecule has 1 N–H and O–H groups in total. The molecule has 2 aliphatic heterocycles. The highest BCUT2D eigenvalue weighted by atomic mass is 32.1. The predicted molar refractivity (Wildman–Crippen MR) is 162 cm³/mol. The van der Waals surface area contributed by atoms with Crippen molar-refractivity contribution in [2.75, 3.05) is 37.4 Å².